The molecular weight excluding hydrogens is 498 g/mol. The number of likely N-dealkylation sites (N-methyl/N-ethyl adjacent to an activating group) is 1. The summed E-state index contributed by atoms with van der Waals surface area (Å²) in [7, 11) is -0.728. The second-order valence-corrected chi connectivity index (χ2v) is 9.89. The molecule has 0 saturated heterocycles. The van der Waals surface area contributed by atoms with Crippen LogP contribution in [-0.2, 0) is 26.2 Å². The van der Waals surface area contributed by atoms with E-state index in [1.165, 1.54) is 11.9 Å². The van der Waals surface area contributed by atoms with Gasteiger partial charge in [-0.2, -0.15) is 0 Å². The lowest BCUT2D eigenvalue weighted by molar-refractivity contribution is -0.140. The number of nitrogens with one attached hydrogen (secondary N) is 1. The molecule has 2 amide bonds. The van der Waals surface area contributed by atoms with Crippen molar-refractivity contribution in [3.63, 3.8) is 0 Å². The smallest absolute Gasteiger partial charge is 0.244 e. The second-order valence-electron chi connectivity index (χ2n) is 7.13. The second kappa shape index (κ2) is 11.3. The Morgan fingerprint density at radius 2 is 1.84 bits per heavy atom. The molecule has 0 saturated carbocycles. The first-order chi connectivity index (χ1) is 15.1. The van der Waals surface area contributed by atoms with E-state index in [2.05, 4.69) is 21.2 Å². The van der Waals surface area contributed by atoms with Crippen LogP contribution in [0.1, 0.15) is 18.9 Å². The number of carbonyl (C=O) groups excluding carboxylic acids is 2. The first-order valence-corrected chi connectivity index (χ1v) is 12.6. The summed E-state index contributed by atoms with van der Waals surface area (Å²) in [4.78, 5) is 27.4. The number of rotatable bonds is 10. The Labute approximate surface area is 197 Å². The summed E-state index contributed by atoms with van der Waals surface area (Å²) in [6.07, 6.45) is 1.41. The highest BCUT2D eigenvalue weighted by atomic mass is 79.9. The van der Waals surface area contributed by atoms with Crippen molar-refractivity contribution in [1.29, 1.82) is 0 Å². The number of hydrogen-bond acceptors (Lipinski definition) is 5. The summed E-state index contributed by atoms with van der Waals surface area (Å²) >= 11 is 3.35. The molecule has 1 atom stereocenters. The number of hydrogen-bond donors (Lipinski definition) is 1. The lowest BCUT2D eigenvalue weighted by atomic mass is 10.1. The lowest BCUT2D eigenvalue weighted by Crippen LogP contribution is -2.51. The molecule has 174 valence electrons. The summed E-state index contributed by atoms with van der Waals surface area (Å²) in [5.74, 6) is -0.200. The summed E-state index contributed by atoms with van der Waals surface area (Å²) in [5.41, 5.74) is 1.10. The van der Waals surface area contributed by atoms with Gasteiger partial charge < -0.3 is 15.0 Å². The summed E-state index contributed by atoms with van der Waals surface area (Å²) in [6.45, 7) is 1.47. The minimum atomic E-state index is -3.78. The van der Waals surface area contributed by atoms with Crippen LogP contribution in [0, 0.1) is 0 Å². The quantitative estimate of drug-likeness (QED) is 0.514. The molecule has 0 aromatic heterocycles. The van der Waals surface area contributed by atoms with E-state index >= 15 is 0 Å². The number of sulfonamides is 1. The molecule has 0 aliphatic heterocycles. The Morgan fingerprint density at radius 1 is 1.16 bits per heavy atom. The standard InChI is InChI=1S/C22H28BrN3O5S/c1-5-19(22(28)24-2)25(14-16-9-8-10-17(13-16)31-3)21(27)15-26(32(4,29)30)20-12-7-6-11-18(20)23/h6-13,19H,5,14-15H2,1-4H3,(H,24,28)/t19-/m1/s1. The summed E-state index contributed by atoms with van der Waals surface area (Å²) < 4.78 is 31.9. The number of methoxy groups -OCH3 is 1. The van der Waals surface area contributed by atoms with Gasteiger partial charge in [0.15, 0.2) is 0 Å². The number of ether oxygens (including phenoxy) is 1. The Kier molecular flexibility index (Phi) is 9.09. The van der Waals surface area contributed by atoms with Crippen LogP contribution in [0.25, 0.3) is 0 Å². The molecule has 0 fully saturated rings. The molecule has 0 radical (unpaired) electrons. The molecular formula is C22H28BrN3O5S. The van der Waals surface area contributed by atoms with Crippen LogP contribution in [0.5, 0.6) is 5.75 Å². The summed E-state index contributed by atoms with van der Waals surface area (Å²) in [6, 6.07) is 13.2. The molecule has 32 heavy (non-hydrogen) atoms. The van der Waals surface area contributed by atoms with Crippen molar-refractivity contribution in [3.8, 4) is 5.75 Å². The third-order valence-corrected chi connectivity index (χ3v) is 6.72. The fourth-order valence-electron chi connectivity index (χ4n) is 3.30. The zero-order valence-corrected chi connectivity index (χ0v) is 20.9. The normalized spacial score (nSPS) is 12.0. The van der Waals surface area contributed by atoms with Gasteiger partial charge in [-0.3, -0.25) is 13.9 Å². The molecule has 0 spiro atoms. The SMILES string of the molecule is CC[C@H](C(=O)NC)N(Cc1cccc(OC)c1)C(=O)CN(c1ccccc1Br)S(C)(=O)=O. The topological polar surface area (TPSA) is 96.0 Å². The van der Waals surface area contributed by atoms with Crippen LogP contribution in [0.3, 0.4) is 0 Å². The molecule has 8 nitrogen and oxygen atoms in total. The van der Waals surface area contributed by atoms with Crippen molar-refractivity contribution in [2.24, 2.45) is 0 Å². The van der Waals surface area contributed by atoms with Gasteiger partial charge in [-0.05, 0) is 52.2 Å². The van der Waals surface area contributed by atoms with Crippen molar-refractivity contribution in [3.05, 3.63) is 58.6 Å². The molecule has 2 aromatic carbocycles. The van der Waals surface area contributed by atoms with Gasteiger partial charge in [0, 0.05) is 18.1 Å². The van der Waals surface area contributed by atoms with E-state index in [0.717, 1.165) is 16.1 Å². The predicted octanol–water partition coefficient (Wildman–Crippen LogP) is 2.78. The average Bonchev–Trinajstić information content (AvgIpc) is 2.76. The van der Waals surface area contributed by atoms with Crippen LogP contribution in [-0.4, -0.2) is 58.1 Å². The van der Waals surface area contributed by atoms with Crippen molar-refractivity contribution >= 4 is 43.5 Å². The Bertz CT molecular complexity index is 1060. The van der Waals surface area contributed by atoms with Crippen molar-refractivity contribution in [2.75, 3.05) is 31.3 Å². The fraction of sp³-hybridized carbons (Fsp3) is 0.364. The van der Waals surface area contributed by atoms with Crippen LogP contribution < -0.4 is 14.4 Å². The number of anilines is 1. The van der Waals surface area contributed by atoms with Crippen LogP contribution >= 0.6 is 15.9 Å². The lowest BCUT2D eigenvalue weighted by Gasteiger charge is -2.32. The first kappa shape index (κ1) is 25.7. The van der Waals surface area contributed by atoms with E-state index < -0.39 is 28.5 Å². The zero-order chi connectivity index (χ0) is 23.9. The Hall–Kier alpha value is -2.59. The minimum absolute atomic E-state index is 0.121. The maximum atomic E-state index is 13.5. The van der Waals surface area contributed by atoms with Crippen molar-refractivity contribution < 1.29 is 22.7 Å². The molecule has 1 N–H and O–H groups in total. The van der Waals surface area contributed by atoms with E-state index in [1.807, 2.05) is 6.07 Å². The third-order valence-electron chi connectivity index (χ3n) is 4.92. The zero-order valence-electron chi connectivity index (χ0n) is 18.5. The molecule has 0 heterocycles. The van der Waals surface area contributed by atoms with E-state index in [0.29, 0.717) is 22.3 Å². The van der Waals surface area contributed by atoms with Gasteiger partial charge in [-0.25, -0.2) is 8.42 Å². The number of carbonyl (C=O) groups is 2. The first-order valence-electron chi connectivity index (χ1n) is 9.98. The molecule has 0 aliphatic rings. The predicted molar refractivity (Wildman–Crippen MR) is 128 cm³/mol. The molecule has 2 rings (SSSR count). The third kappa shape index (κ3) is 6.46. The maximum absolute atomic E-state index is 13.5. The monoisotopic (exact) mass is 525 g/mol. The largest absolute Gasteiger partial charge is 0.497 e. The molecule has 0 bridgehead atoms. The van der Waals surface area contributed by atoms with Gasteiger partial charge >= 0.3 is 0 Å². The van der Waals surface area contributed by atoms with Crippen molar-refractivity contribution in [2.45, 2.75) is 25.9 Å². The van der Waals surface area contributed by atoms with Gasteiger partial charge in [0.25, 0.3) is 0 Å². The van der Waals surface area contributed by atoms with E-state index in [9.17, 15) is 18.0 Å². The van der Waals surface area contributed by atoms with Gasteiger partial charge in [0.2, 0.25) is 21.8 Å². The molecule has 0 aliphatic carbocycles. The van der Waals surface area contributed by atoms with Gasteiger partial charge in [-0.15, -0.1) is 0 Å². The number of amides is 2. The highest BCUT2D eigenvalue weighted by Gasteiger charge is 2.31. The van der Waals surface area contributed by atoms with E-state index in [1.54, 1.807) is 56.5 Å². The number of nitrogens with zero attached hydrogens (tertiary/aromatic N) is 2. The Balaban J connectivity index is 2.45. The highest BCUT2D eigenvalue weighted by molar-refractivity contribution is 9.10. The minimum Gasteiger partial charge on any atom is -0.497 e. The maximum Gasteiger partial charge on any atom is 0.244 e. The van der Waals surface area contributed by atoms with Gasteiger partial charge in [-0.1, -0.05) is 31.2 Å². The van der Waals surface area contributed by atoms with E-state index in [4.69, 9.17) is 4.74 Å². The fourth-order valence-corrected chi connectivity index (χ4v) is 4.78. The number of halogens is 1. The van der Waals surface area contributed by atoms with Crippen LogP contribution in [0.4, 0.5) is 5.69 Å². The van der Waals surface area contributed by atoms with Crippen molar-refractivity contribution in [1.82, 2.24) is 10.2 Å². The molecule has 10 heteroatoms. The van der Waals surface area contributed by atoms with Gasteiger partial charge in [0.1, 0.15) is 18.3 Å². The summed E-state index contributed by atoms with van der Waals surface area (Å²) in [5, 5.41) is 2.59. The van der Waals surface area contributed by atoms with Crippen LogP contribution in [0.15, 0.2) is 53.0 Å². The van der Waals surface area contributed by atoms with Crippen LogP contribution in [0.2, 0.25) is 0 Å². The average molecular weight is 526 g/mol. The number of benzene rings is 2. The molecule has 0 unspecified atom stereocenters. The van der Waals surface area contributed by atoms with E-state index in [-0.39, 0.29) is 12.5 Å². The highest BCUT2D eigenvalue weighted by Crippen LogP contribution is 2.28. The van der Waals surface area contributed by atoms with Gasteiger partial charge in [0.05, 0.1) is 19.1 Å². The molecule has 2 aromatic rings. The number of para-hydroxylation sites is 1. The Morgan fingerprint density at radius 3 is 2.41 bits per heavy atom.